The molecule has 0 aliphatic carbocycles. The van der Waals surface area contributed by atoms with Gasteiger partial charge < -0.3 is 25.4 Å². The molecule has 3 rings (SSSR count). The first kappa shape index (κ1) is 22.0. The number of carbonyl (C=O) groups excluding carboxylic acids is 1. The Hall–Kier alpha value is -1.05. The summed E-state index contributed by atoms with van der Waals surface area (Å²) in [6, 6.07) is 8.01. The number of amides is 1. The maximum atomic E-state index is 12.3. The van der Waals surface area contributed by atoms with E-state index in [-0.39, 0.29) is 42.9 Å². The van der Waals surface area contributed by atoms with Crippen LogP contribution < -0.4 is 16.0 Å². The fourth-order valence-corrected chi connectivity index (χ4v) is 2.97. The lowest BCUT2D eigenvalue weighted by Crippen LogP contribution is -2.53. The number of carbonyl (C=O) groups is 1. The zero-order chi connectivity index (χ0) is 16.1. The van der Waals surface area contributed by atoms with E-state index in [2.05, 4.69) is 16.0 Å². The van der Waals surface area contributed by atoms with Crippen molar-refractivity contribution in [1.82, 2.24) is 5.32 Å². The molecule has 8 heteroatoms. The molecule has 1 aromatic carbocycles. The van der Waals surface area contributed by atoms with Crippen molar-refractivity contribution in [3.63, 3.8) is 0 Å². The van der Waals surface area contributed by atoms with Crippen molar-refractivity contribution in [3.8, 4) is 0 Å². The third-order valence-electron chi connectivity index (χ3n) is 4.34. The molecule has 0 radical (unpaired) electrons. The van der Waals surface area contributed by atoms with Crippen molar-refractivity contribution in [2.45, 2.75) is 38.0 Å². The molecule has 2 saturated heterocycles. The van der Waals surface area contributed by atoms with E-state index >= 15 is 0 Å². The lowest BCUT2D eigenvalue weighted by molar-refractivity contribution is -0.123. The van der Waals surface area contributed by atoms with Gasteiger partial charge >= 0.3 is 0 Å². The summed E-state index contributed by atoms with van der Waals surface area (Å²) in [7, 11) is 0. The van der Waals surface area contributed by atoms with Crippen LogP contribution in [0.3, 0.4) is 0 Å². The van der Waals surface area contributed by atoms with Crippen molar-refractivity contribution in [3.05, 3.63) is 24.3 Å². The third kappa shape index (κ3) is 6.31. The Morgan fingerprint density at radius 3 is 2.36 bits per heavy atom. The highest BCUT2D eigenvalue weighted by Gasteiger charge is 2.28. The second-order valence-electron chi connectivity index (χ2n) is 6.11. The van der Waals surface area contributed by atoms with E-state index in [1.165, 1.54) is 0 Å². The van der Waals surface area contributed by atoms with Gasteiger partial charge in [-0.05, 0) is 44.0 Å². The van der Waals surface area contributed by atoms with E-state index in [1.54, 1.807) is 0 Å². The molecule has 25 heavy (non-hydrogen) atoms. The molecule has 6 nitrogen and oxygen atoms in total. The standard InChI is InChI=1S/C17H25N3O3.2ClH/c1-12-16(18-8-11-23-12)17(21)20-14-4-2-13(3-5-14)19-15-6-9-22-10-7-15;;/h2-5,12,15-16,18-19H,6-11H2,1H3,(H,20,21);2*1H/t12-,16+;;/m1../s1. The van der Waals surface area contributed by atoms with Gasteiger partial charge in [-0.2, -0.15) is 0 Å². The summed E-state index contributed by atoms with van der Waals surface area (Å²) in [5, 5.41) is 9.64. The van der Waals surface area contributed by atoms with Gasteiger partial charge in [0.15, 0.2) is 0 Å². The molecule has 2 aliphatic heterocycles. The van der Waals surface area contributed by atoms with Crippen molar-refractivity contribution < 1.29 is 14.3 Å². The quantitative estimate of drug-likeness (QED) is 0.734. The van der Waals surface area contributed by atoms with Crippen molar-refractivity contribution >= 4 is 42.1 Å². The number of anilines is 2. The van der Waals surface area contributed by atoms with Gasteiger partial charge in [0.25, 0.3) is 0 Å². The first-order chi connectivity index (χ1) is 11.2. The van der Waals surface area contributed by atoms with Gasteiger partial charge in [-0.25, -0.2) is 0 Å². The van der Waals surface area contributed by atoms with Crippen LogP contribution in [0.1, 0.15) is 19.8 Å². The molecule has 0 bridgehead atoms. The molecule has 2 heterocycles. The van der Waals surface area contributed by atoms with Crippen molar-refractivity contribution in [1.29, 1.82) is 0 Å². The van der Waals surface area contributed by atoms with E-state index < -0.39 is 0 Å². The van der Waals surface area contributed by atoms with Gasteiger partial charge in [-0.1, -0.05) is 0 Å². The van der Waals surface area contributed by atoms with Gasteiger partial charge in [-0.3, -0.25) is 4.79 Å². The fourth-order valence-electron chi connectivity index (χ4n) is 2.97. The Labute approximate surface area is 161 Å². The average Bonchev–Trinajstić information content (AvgIpc) is 2.58. The van der Waals surface area contributed by atoms with Crippen LogP contribution in [0, 0.1) is 0 Å². The molecular formula is C17H27Cl2N3O3. The number of nitrogens with one attached hydrogen (secondary N) is 3. The van der Waals surface area contributed by atoms with E-state index in [0.717, 1.165) is 37.4 Å². The molecule has 0 unspecified atom stereocenters. The second-order valence-corrected chi connectivity index (χ2v) is 6.11. The molecule has 1 aromatic rings. The summed E-state index contributed by atoms with van der Waals surface area (Å²) in [4.78, 5) is 12.3. The molecule has 2 fully saturated rings. The molecule has 2 aliphatic rings. The molecule has 3 N–H and O–H groups in total. The third-order valence-corrected chi connectivity index (χ3v) is 4.34. The van der Waals surface area contributed by atoms with Crippen LogP contribution in [-0.2, 0) is 14.3 Å². The first-order valence-electron chi connectivity index (χ1n) is 8.32. The lowest BCUT2D eigenvalue weighted by atomic mass is 10.1. The minimum Gasteiger partial charge on any atom is -0.382 e. The van der Waals surface area contributed by atoms with Crippen molar-refractivity contribution in [2.24, 2.45) is 0 Å². The van der Waals surface area contributed by atoms with Crippen molar-refractivity contribution in [2.75, 3.05) is 37.0 Å². The van der Waals surface area contributed by atoms with E-state index in [9.17, 15) is 4.79 Å². The maximum Gasteiger partial charge on any atom is 0.244 e. The largest absolute Gasteiger partial charge is 0.382 e. The average molecular weight is 392 g/mol. The van der Waals surface area contributed by atoms with Gasteiger partial charge in [0.2, 0.25) is 5.91 Å². The zero-order valence-corrected chi connectivity index (χ0v) is 16.0. The maximum absolute atomic E-state index is 12.3. The highest BCUT2D eigenvalue weighted by Crippen LogP contribution is 2.18. The van der Waals surface area contributed by atoms with Crippen LogP contribution >= 0.6 is 24.8 Å². The highest BCUT2D eigenvalue weighted by molar-refractivity contribution is 5.95. The lowest BCUT2D eigenvalue weighted by Gasteiger charge is -2.29. The molecule has 0 saturated carbocycles. The highest BCUT2D eigenvalue weighted by atomic mass is 35.5. The predicted molar refractivity (Wildman–Crippen MR) is 104 cm³/mol. The summed E-state index contributed by atoms with van der Waals surface area (Å²) in [5.74, 6) is -0.0534. The number of ether oxygens (including phenoxy) is 2. The van der Waals surface area contributed by atoms with Gasteiger partial charge in [0.1, 0.15) is 6.04 Å². The zero-order valence-electron chi connectivity index (χ0n) is 14.3. The Morgan fingerprint density at radius 1 is 1.08 bits per heavy atom. The Kier molecular flexibility index (Phi) is 9.53. The summed E-state index contributed by atoms with van der Waals surface area (Å²) in [6.45, 7) is 4.91. The topological polar surface area (TPSA) is 71.6 Å². The summed E-state index contributed by atoms with van der Waals surface area (Å²) in [5.41, 5.74) is 1.87. The molecule has 142 valence electrons. The Balaban J connectivity index is 0.00000156. The first-order valence-corrected chi connectivity index (χ1v) is 8.32. The molecular weight excluding hydrogens is 365 g/mol. The summed E-state index contributed by atoms with van der Waals surface area (Å²) < 4.78 is 10.9. The monoisotopic (exact) mass is 391 g/mol. The Bertz CT molecular complexity index is 524. The van der Waals surface area contributed by atoms with Crippen LogP contribution in [0.15, 0.2) is 24.3 Å². The predicted octanol–water partition coefficient (Wildman–Crippen LogP) is 2.44. The number of morpholine rings is 1. The van der Waals surface area contributed by atoms with Crippen LogP contribution in [0.5, 0.6) is 0 Å². The number of hydrogen-bond donors (Lipinski definition) is 3. The van der Waals surface area contributed by atoms with E-state index in [4.69, 9.17) is 9.47 Å². The summed E-state index contributed by atoms with van der Waals surface area (Å²) >= 11 is 0. The summed E-state index contributed by atoms with van der Waals surface area (Å²) in [6.07, 6.45) is 1.95. The second kappa shape index (κ2) is 10.8. The molecule has 1 amide bonds. The fraction of sp³-hybridized carbons (Fsp3) is 0.588. The normalized spacial score (nSPS) is 23.7. The number of hydrogen-bond acceptors (Lipinski definition) is 5. The molecule has 2 atom stereocenters. The van der Waals surface area contributed by atoms with Crippen LogP contribution in [-0.4, -0.2) is 50.5 Å². The minimum atomic E-state index is -0.302. The van der Waals surface area contributed by atoms with Crippen LogP contribution in [0.4, 0.5) is 11.4 Å². The number of benzene rings is 1. The van der Waals surface area contributed by atoms with Crippen LogP contribution in [0.2, 0.25) is 0 Å². The SMILES string of the molecule is C[C@H]1OCCN[C@@H]1C(=O)Nc1ccc(NC2CCOCC2)cc1.Cl.Cl. The van der Waals surface area contributed by atoms with Gasteiger partial charge in [0, 0.05) is 37.2 Å². The van der Waals surface area contributed by atoms with Gasteiger partial charge in [-0.15, -0.1) is 24.8 Å². The number of halogens is 2. The molecule has 0 aromatic heterocycles. The smallest absolute Gasteiger partial charge is 0.244 e. The van der Waals surface area contributed by atoms with Gasteiger partial charge in [0.05, 0.1) is 12.7 Å². The number of rotatable bonds is 4. The van der Waals surface area contributed by atoms with Crippen LogP contribution in [0.25, 0.3) is 0 Å². The van der Waals surface area contributed by atoms with E-state index in [0.29, 0.717) is 19.2 Å². The molecule has 0 spiro atoms. The van der Waals surface area contributed by atoms with E-state index in [1.807, 2.05) is 31.2 Å². The minimum absolute atomic E-state index is 0. The Morgan fingerprint density at radius 2 is 1.72 bits per heavy atom.